The number of hydrogen-bond acceptors (Lipinski definition) is 9. The lowest BCUT2D eigenvalue weighted by molar-refractivity contribution is 0.156. The Morgan fingerprint density at radius 2 is 0.872 bits per heavy atom. The molecule has 8 aliphatic rings. The first-order chi connectivity index (χ1) is 51.8. The van der Waals surface area contributed by atoms with Crippen molar-refractivity contribution in [3.8, 4) is 0 Å². The van der Waals surface area contributed by atoms with Crippen molar-refractivity contribution in [2.24, 2.45) is 82.9 Å². The molecule has 6 unspecified atom stereocenters. The summed E-state index contributed by atoms with van der Waals surface area (Å²) < 4.78 is 2.13. The van der Waals surface area contributed by atoms with Crippen molar-refractivity contribution in [3.63, 3.8) is 0 Å². The highest BCUT2D eigenvalue weighted by molar-refractivity contribution is 5.03. The van der Waals surface area contributed by atoms with Gasteiger partial charge in [-0.15, -0.1) is 0 Å². The molecule has 10 nitrogen and oxygen atoms in total. The quantitative estimate of drug-likeness (QED) is 0.0735. The average molecular weight is 1530 g/mol. The van der Waals surface area contributed by atoms with Crippen LogP contribution in [0, 0.1) is 82.9 Å². The first-order valence-electron chi connectivity index (χ1n) is 47.7. The second kappa shape index (κ2) is 66.1. The van der Waals surface area contributed by atoms with Crippen molar-refractivity contribution in [1.82, 2.24) is 48.8 Å². The molecule has 7 aliphatic heterocycles. The second-order valence-corrected chi connectivity index (χ2v) is 40.5. The monoisotopic (exact) mass is 1530 g/mol. The lowest BCUT2D eigenvalue weighted by atomic mass is 9.95. The van der Waals surface area contributed by atoms with E-state index in [1.807, 2.05) is 37.1 Å². The van der Waals surface area contributed by atoms with Crippen LogP contribution in [0.2, 0.25) is 0 Å². The predicted molar refractivity (Wildman–Crippen MR) is 488 cm³/mol. The Bertz CT molecular complexity index is 2160. The molecule has 644 valence electrons. The summed E-state index contributed by atoms with van der Waals surface area (Å²) in [6.45, 7) is 74.3. The highest BCUT2D eigenvalue weighted by atomic mass is 15.2. The maximum atomic E-state index is 4.25. The van der Waals surface area contributed by atoms with Crippen LogP contribution >= 0.6 is 0 Å². The number of aromatic nitrogens is 3. The van der Waals surface area contributed by atoms with E-state index in [1.165, 1.54) is 303 Å². The Morgan fingerprint density at radius 3 is 1.33 bits per heavy atom. The highest BCUT2D eigenvalue weighted by Crippen LogP contribution is 2.30. The number of piperidine rings is 1. The summed E-state index contributed by atoms with van der Waals surface area (Å²) in [4.78, 5) is 26.1. The van der Waals surface area contributed by atoms with Crippen LogP contribution in [0.25, 0.3) is 0 Å². The third kappa shape index (κ3) is 61.2. The van der Waals surface area contributed by atoms with Crippen molar-refractivity contribution in [2.45, 2.75) is 389 Å². The van der Waals surface area contributed by atoms with Gasteiger partial charge in [0.25, 0.3) is 0 Å². The fourth-order valence-corrected chi connectivity index (χ4v) is 16.5. The maximum absolute atomic E-state index is 4.25. The highest BCUT2D eigenvalue weighted by Gasteiger charge is 2.25. The van der Waals surface area contributed by atoms with Crippen LogP contribution in [-0.4, -0.2) is 186 Å². The van der Waals surface area contributed by atoms with Gasteiger partial charge in [-0.3, -0.25) is 4.98 Å². The standard InChI is InChI=1S/C12H25N.5C10H21N.C10H15N.C10H20.C9H16N2.C8H17N/c1-11(2)7-6-10-13-9-5-4-8-12(13)3;1-9(2)4-6-11-7-5-10(3)8-11;1-9(2)4-5-10-6-7-11(3)8-10;1-9(2)6-7-10-5-4-8-11(10)3;1-9(2)6-8-11-7-4-5-10(11)3;1-10(2)6-5-9-11-7-3-4-8-11;1-9(2)6-7-10-5-3-4-8-11-10;1-9(2)7-8-10-5-3-4-6-10;1-9(2)4-3-6-11-7-5-10-8-11;1-7(2)8-4-5-9(3)6-8/h11-12H,4-10H2,1-3H3;4*9-10H,4-8H2,1-3H3;10H,3-9H2,1-2H3;3-5,8-9H,6-7H2,1-2H3;9-10H,3-8H2,1-2H3;5,7-9H,3-4,6H2,1-2H3;7-8H,4-6H2,1-3H3. The molecule has 0 aromatic carbocycles. The molecule has 7 saturated heterocycles. The normalized spacial score (nSPS) is 22.3. The third-order valence-corrected chi connectivity index (χ3v) is 24.7. The Morgan fingerprint density at radius 1 is 0.376 bits per heavy atom. The van der Waals surface area contributed by atoms with Gasteiger partial charge in [0.15, 0.2) is 0 Å². The zero-order chi connectivity index (χ0) is 81.3. The number of likely N-dealkylation sites (tertiary alicyclic amines) is 7. The molecule has 0 bridgehead atoms. The molecule has 1 saturated carbocycles. The van der Waals surface area contributed by atoms with E-state index >= 15 is 0 Å². The fourth-order valence-electron chi connectivity index (χ4n) is 16.5. The van der Waals surface area contributed by atoms with Gasteiger partial charge in [-0.25, -0.2) is 4.98 Å². The van der Waals surface area contributed by atoms with Crippen molar-refractivity contribution in [2.75, 3.05) is 119 Å². The van der Waals surface area contributed by atoms with Gasteiger partial charge in [0, 0.05) is 68.6 Å². The van der Waals surface area contributed by atoms with E-state index in [4.69, 9.17) is 0 Å². The number of pyridine rings is 1. The van der Waals surface area contributed by atoms with Crippen molar-refractivity contribution in [1.29, 1.82) is 0 Å². The Hall–Kier alpha value is -1.92. The van der Waals surface area contributed by atoms with Gasteiger partial charge in [-0.05, 0) is 363 Å². The number of rotatable bonds is 31. The molecular weight excluding hydrogens is 1330 g/mol. The Balaban J connectivity index is 0.000000606. The Labute approximate surface area is 685 Å². The first kappa shape index (κ1) is 105. The average Bonchev–Trinajstić information content (AvgIpc) is 1.79. The summed E-state index contributed by atoms with van der Waals surface area (Å²) in [7, 11) is 6.70. The van der Waals surface area contributed by atoms with E-state index in [0.29, 0.717) is 0 Å². The minimum atomic E-state index is 0.775. The van der Waals surface area contributed by atoms with Gasteiger partial charge in [0.1, 0.15) is 0 Å². The predicted octanol–water partition coefficient (Wildman–Crippen LogP) is 25.8. The zero-order valence-corrected chi connectivity index (χ0v) is 78.8. The minimum Gasteiger partial charge on any atom is -0.337 e. The molecule has 8 fully saturated rings. The summed E-state index contributed by atoms with van der Waals surface area (Å²) in [6, 6.07) is 8.69. The summed E-state index contributed by atoms with van der Waals surface area (Å²) in [5.41, 5.74) is 1.21. The number of hydrogen-bond donors (Lipinski definition) is 0. The Kier molecular flexibility index (Phi) is 63.8. The van der Waals surface area contributed by atoms with Crippen LogP contribution in [0.1, 0.15) is 364 Å². The summed E-state index contributed by atoms with van der Waals surface area (Å²) in [5.74, 6) is 12.7. The molecule has 0 radical (unpaired) electrons. The smallest absolute Gasteiger partial charge is 0.0945 e. The van der Waals surface area contributed by atoms with E-state index in [2.05, 4.69) is 235 Å². The summed E-state index contributed by atoms with van der Waals surface area (Å²) in [5, 5.41) is 0. The van der Waals surface area contributed by atoms with E-state index in [-0.39, 0.29) is 0 Å². The molecule has 10 heteroatoms. The van der Waals surface area contributed by atoms with Gasteiger partial charge in [-0.1, -0.05) is 203 Å². The largest absolute Gasteiger partial charge is 0.337 e. The molecule has 109 heavy (non-hydrogen) atoms. The molecule has 10 rings (SSSR count). The van der Waals surface area contributed by atoms with Crippen molar-refractivity contribution >= 4 is 0 Å². The first-order valence-corrected chi connectivity index (χ1v) is 47.7. The van der Waals surface area contributed by atoms with E-state index in [9.17, 15) is 0 Å². The summed E-state index contributed by atoms with van der Waals surface area (Å²) >= 11 is 0. The minimum absolute atomic E-state index is 0.775. The number of imidazole rings is 1. The number of nitrogens with zero attached hydrogens (tertiary/aromatic N) is 10. The van der Waals surface area contributed by atoms with Crippen LogP contribution in [0.5, 0.6) is 0 Å². The van der Waals surface area contributed by atoms with Crippen LogP contribution < -0.4 is 0 Å². The van der Waals surface area contributed by atoms with Gasteiger partial charge in [0.05, 0.1) is 6.33 Å². The van der Waals surface area contributed by atoms with Crippen LogP contribution in [0.3, 0.4) is 0 Å². The van der Waals surface area contributed by atoms with Gasteiger partial charge >= 0.3 is 0 Å². The number of aryl methyl sites for hydroxylation is 2. The topological polar surface area (TPSA) is 53.4 Å². The SMILES string of the molecule is CC(C)C1CCN(C)C1.CC(C)CCC1CCCC1.CC(C)CCC1CCCN1C.CC(C)CCC1CCN(C)C1.CC(C)CCCN1CCCC1.CC(C)CCCN1CCCCC1C.CC(C)CCCn1ccnc1.CC(C)CCN1CCC(C)C1.CC(C)CCN1CCCC1C.CC(C)CCc1ccccn1. The van der Waals surface area contributed by atoms with Gasteiger partial charge in [-0.2, -0.15) is 0 Å². The van der Waals surface area contributed by atoms with E-state index in [1.54, 1.807) is 0 Å². The van der Waals surface area contributed by atoms with Crippen molar-refractivity contribution in [3.05, 3.63) is 48.8 Å². The zero-order valence-electron chi connectivity index (χ0n) is 78.8. The van der Waals surface area contributed by atoms with Crippen LogP contribution in [0.4, 0.5) is 0 Å². The van der Waals surface area contributed by atoms with E-state index in [0.717, 1.165) is 114 Å². The van der Waals surface area contributed by atoms with Crippen LogP contribution in [0.15, 0.2) is 43.1 Å². The lowest BCUT2D eigenvalue weighted by Gasteiger charge is -2.33. The lowest BCUT2D eigenvalue weighted by Crippen LogP contribution is -2.38. The van der Waals surface area contributed by atoms with Crippen LogP contribution in [-0.2, 0) is 13.0 Å². The molecule has 0 spiro atoms. The molecular formula is C99H198N10. The van der Waals surface area contributed by atoms with Gasteiger partial charge < -0.3 is 38.9 Å². The second-order valence-electron chi connectivity index (χ2n) is 40.5. The fraction of sp³-hybridized carbons (Fsp3) is 0.919. The van der Waals surface area contributed by atoms with Gasteiger partial charge in [0.2, 0.25) is 0 Å². The molecule has 9 heterocycles. The third-order valence-electron chi connectivity index (χ3n) is 24.7. The molecule has 0 amide bonds. The molecule has 1 aliphatic carbocycles. The maximum Gasteiger partial charge on any atom is 0.0945 e. The molecule has 2 aromatic heterocycles. The van der Waals surface area contributed by atoms with E-state index < -0.39 is 0 Å². The molecule has 0 N–H and O–H groups in total. The van der Waals surface area contributed by atoms with Crippen molar-refractivity contribution < 1.29 is 0 Å². The summed E-state index contributed by atoms with van der Waals surface area (Å²) in [6.07, 6.45) is 52.6. The molecule has 2 aromatic rings. The molecule has 6 atom stereocenters.